The quantitative estimate of drug-likeness (QED) is 0.517. The number of pyridine rings is 1. The lowest BCUT2D eigenvalue weighted by atomic mass is 10.1. The number of aromatic nitrogens is 1. The number of rotatable bonds is 7. The molecule has 1 atom stereocenters. The molecular formula is C13H20FNO. The zero-order valence-corrected chi connectivity index (χ0v) is 10.1. The molecule has 0 N–H and O–H groups in total. The summed E-state index contributed by atoms with van der Waals surface area (Å²) >= 11 is 0. The summed E-state index contributed by atoms with van der Waals surface area (Å²) in [5.41, 5.74) is 0. The molecule has 1 heterocycles. The lowest BCUT2D eigenvalue weighted by Gasteiger charge is -2.14. The average Bonchev–Trinajstić information content (AvgIpc) is 2.24. The molecule has 0 saturated carbocycles. The Kier molecular flexibility index (Phi) is 5.83. The van der Waals surface area contributed by atoms with Crippen LogP contribution in [0.2, 0.25) is 0 Å². The summed E-state index contributed by atoms with van der Waals surface area (Å²) in [7, 11) is 0. The van der Waals surface area contributed by atoms with Gasteiger partial charge in [-0.1, -0.05) is 26.2 Å². The third kappa shape index (κ3) is 5.10. The highest BCUT2D eigenvalue weighted by molar-refractivity contribution is 5.18. The highest BCUT2D eigenvalue weighted by Gasteiger charge is 2.04. The van der Waals surface area contributed by atoms with Crippen LogP contribution in [0.3, 0.4) is 0 Å². The SMILES string of the molecule is CCCCCCC(C)Oc1ccnc(F)c1. The first kappa shape index (κ1) is 12.9. The molecule has 0 aliphatic heterocycles. The summed E-state index contributed by atoms with van der Waals surface area (Å²) < 4.78 is 18.4. The van der Waals surface area contributed by atoms with Crippen molar-refractivity contribution in [2.75, 3.05) is 0 Å². The summed E-state index contributed by atoms with van der Waals surface area (Å²) in [5.74, 6) is 0.0752. The zero-order valence-electron chi connectivity index (χ0n) is 10.1. The molecule has 0 fully saturated rings. The van der Waals surface area contributed by atoms with Gasteiger partial charge in [0.05, 0.1) is 6.10 Å². The minimum atomic E-state index is -0.490. The number of halogens is 1. The van der Waals surface area contributed by atoms with E-state index < -0.39 is 5.95 Å². The van der Waals surface area contributed by atoms with E-state index in [-0.39, 0.29) is 6.10 Å². The Balaban J connectivity index is 2.25. The van der Waals surface area contributed by atoms with Gasteiger partial charge in [0.25, 0.3) is 0 Å². The molecule has 0 aliphatic carbocycles. The number of nitrogens with zero attached hydrogens (tertiary/aromatic N) is 1. The van der Waals surface area contributed by atoms with Crippen molar-refractivity contribution in [2.45, 2.75) is 52.1 Å². The molecule has 0 saturated heterocycles. The molecule has 90 valence electrons. The van der Waals surface area contributed by atoms with E-state index in [0.29, 0.717) is 5.75 Å². The highest BCUT2D eigenvalue weighted by atomic mass is 19.1. The van der Waals surface area contributed by atoms with Crippen molar-refractivity contribution in [2.24, 2.45) is 0 Å². The van der Waals surface area contributed by atoms with Gasteiger partial charge in [-0.3, -0.25) is 0 Å². The standard InChI is InChI=1S/C13H20FNO/c1-3-4-5-6-7-11(2)16-12-8-9-15-13(14)10-12/h8-11H,3-7H2,1-2H3. The molecule has 1 aromatic heterocycles. The monoisotopic (exact) mass is 225 g/mol. The molecule has 1 unspecified atom stereocenters. The van der Waals surface area contributed by atoms with Crippen molar-refractivity contribution in [3.63, 3.8) is 0 Å². The first-order valence-electron chi connectivity index (χ1n) is 6.00. The largest absolute Gasteiger partial charge is 0.491 e. The fraction of sp³-hybridized carbons (Fsp3) is 0.615. The lowest BCUT2D eigenvalue weighted by Crippen LogP contribution is -2.11. The van der Waals surface area contributed by atoms with Crippen LogP contribution in [0.5, 0.6) is 5.75 Å². The van der Waals surface area contributed by atoms with Crippen molar-refractivity contribution in [1.82, 2.24) is 4.98 Å². The van der Waals surface area contributed by atoms with Crippen LogP contribution in [0.15, 0.2) is 18.3 Å². The van der Waals surface area contributed by atoms with E-state index in [0.717, 1.165) is 6.42 Å². The van der Waals surface area contributed by atoms with Crippen molar-refractivity contribution in [3.05, 3.63) is 24.3 Å². The van der Waals surface area contributed by atoms with Gasteiger partial charge >= 0.3 is 0 Å². The van der Waals surface area contributed by atoms with Gasteiger partial charge in [-0.05, 0) is 25.8 Å². The molecule has 1 rings (SSSR count). The molecule has 3 heteroatoms. The van der Waals surface area contributed by atoms with Crippen molar-refractivity contribution < 1.29 is 9.13 Å². The molecular weight excluding hydrogens is 205 g/mol. The molecule has 0 aliphatic rings. The van der Waals surface area contributed by atoms with Gasteiger partial charge in [0.15, 0.2) is 0 Å². The van der Waals surface area contributed by atoms with Crippen LogP contribution < -0.4 is 4.74 Å². The molecule has 2 nitrogen and oxygen atoms in total. The summed E-state index contributed by atoms with van der Waals surface area (Å²) in [6.45, 7) is 4.21. The predicted molar refractivity (Wildman–Crippen MR) is 63.0 cm³/mol. The Hall–Kier alpha value is -1.12. The van der Waals surface area contributed by atoms with Crippen molar-refractivity contribution in [1.29, 1.82) is 0 Å². The van der Waals surface area contributed by atoms with E-state index in [2.05, 4.69) is 11.9 Å². The molecule has 16 heavy (non-hydrogen) atoms. The predicted octanol–water partition coefficient (Wildman–Crippen LogP) is 3.96. The van der Waals surface area contributed by atoms with Crippen molar-refractivity contribution in [3.8, 4) is 5.75 Å². The minimum Gasteiger partial charge on any atom is -0.491 e. The maximum atomic E-state index is 12.8. The maximum absolute atomic E-state index is 12.8. The minimum absolute atomic E-state index is 0.138. The van der Waals surface area contributed by atoms with E-state index in [9.17, 15) is 4.39 Å². The number of unbranched alkanes of at least 4 members (excludes halogenated alkanes) is 3. The number of hydrogen-bond donors (Lipinski definition) is 0. The summed E-state index contributed by atoms with van der Waals surface area (Å²) in [4.78, 5) is 3.49. The summed E-state index contributed by atoms with van der Waals surface area (Å²) in [6.07, 6.45) is 7.51. The molecule has 0 aromatic carbocycles. The Bertz CT molecular complexity index is 304. The Morgan fingerprint density at radius 3 is 2.88 bits per heavy atom. The smallest absolute Gasteiger partial charge is 0.216 e. The first-order chi connectivity index (χ1) is 7.72. The van der Waals surface area contributed by atoms with E-state index in [1.807, 2.05) is 6.92 Å². The van der Waals surface area contributed by atoms with Gasteiger partial charge < -0.3 is 4.74 Å². The second kappa shape index (κ2) is 7.20. The highest BCUT2D eigenvalue weighted by Crippen LogP contribution is 2.15. The van der Waals surface area contributed by atoms with Gasteiger partial charge in [0.2, 0.25) is 5.95 Å². The van der Waals surface area contributed by atoms with Crippen LogP contribution in [0, 0.1) is 5.95 Å². The molecule has 0 spiro atoms. The lowest BCUT2D eigenvalue weighted by molar-refractivity contribution is 0.205. The maximum Gasteiger partial charge on any atom is 0.216 e. The first-order valence-corrected chi connectivity index (χ1v) is 6.00. The Morgan fingerprint density at radius 1 is 1.38 bits per heavy atom. The fourth-order valence-electron chi connectivity index (χ4n) is 1.61. The Morgan fingerprint density at radius 2 is 2.19 bits per heavy atom. The third-order valence-corrected chi connectivity index (χ3v) is 2.50. The van der Waals surface area contributed by atoms with E-state index in [1.165, 1.54) is 37.9 Å². The topological polar surface area (TPSA) is 22.1 Å². The van der Waals surface area contributed by atoms with Crippen LogP contribution >= 0.6 is 0 Å². The third-order valence-electron chi connectivity index (χ3n) is 2.50. The van der Waals surface area contributed by atoms with Crippen LogP contribution in [-0.4, -0.2) is 11.1 Å². The molecule has 0 bridgehead atoms. The van der Waals surface area contributed by atoms with Crippen molar-refractivity contribution >= 4 is 0 Å². The van der Waals surface area contributed by atoms with Gasteiger partial charge in [0, 0.05) is 12.3 Å². The summed E-state index contributed by atoms with van der Waals surface area (Å²) in [6, 6.07) is 3.01. The normalized spacial score (nSPS) is 12.4. The second-order valence-electron chi connectivity index (χ2n) is 4.09. The van der Waals surface area contributed by atoms with Crippen LogP contribution in [0.1, 0.15) is 46.0 Å². The number of ether oxygens (including phenoxy) is 1. The zero-order chi connectivity index (χ0) is 11.8. The summed E-state index contributed by atoms with van der Waals surface area (Å²) in [5, 5.41) is 0. The second-order valence-corrected chi connectivity index (χ2v) is 4.09. The fourth-order valence-corrected chi connectivity index (χ4v) is 1.61. The van der Waals surface area contributed by atoms with Crippen LogP contribution in [-0.2, 0) is 0 Å². The van der Waals surface area contributed by atoms with Gasteiger partial charge in [-0.2, -0.15) is 4.39 Å². The molecule has 0 radical (unpaired) electrons. The molecule has 0 amide bonds. The number of hydrogen-bond acceptors (Lipinski definition) is 2. The van der Waals surface area contributed by atoms with Gasteiger partial charge in [0.1, 0.15) is 5.75 Å². The van der Waals surface area contributed by atoms with E-state index in [4.69, 9.17) is 4.74 Å². The average molecular weight is 225 g/mol. The van der Waals surface area contributed by atoms with Gasteiger partial charge in [-0.25, -0.2) is 4.98 Å². The van der Waals surface area contributed by atoms with Crippen LogP contribution in [0.4, 0.5) is 4.39 Å². The Labute approximate surface area is 96.8 Å². The van der Waals surface area contributed by atoms with Gasteiger partial charge in [-0.15, -0.1) is 0 Å². The molecule has 1 aromatic rings. The van der Waals surface area contributed by atoms with E-state index in [1.54, 1.807) is 6.07 Å². The van der Waals surface area contributed by atoms with E-state index >= 15 is 0 Å². The van der Waals surface area contributed by atoms with Crippen LogP contribution in [0.25, 0.3) is 0 Å².